The largest absolute Gasteiger partial charge is 0.367 e. The van der Waals surface area contributed by atoms with Crippen molar-refractivity contribution in [3.05, 3.63) is 35.0 Å². The van der Waals surface area contributed by atoms with Gasteiger partial charge in [-0.1, -0.05) is 55.2 Å². The van der Waals surface area contributed by atoms with Gasteiger partial charge >= 0.3 is 0 Å². The maximum absolute atomic E-state index is 6.22. The summed E-state index contributed by atoms with van der Waals surface area (Å²) in [7, 11) is 0. The second-order valence-corrected chi connectivity index (χ2v) is 4.88. The Hall–Kier alpha value is -1.48. The summed E-state index contributed by atoms with van der Waals surface area (Å²) in [5.74, 6) is 0.642. The molecule has 1 atom stereocenters. The molecule has 2 N–H and O–H groups in total. The molecule has 0 fully saturated rings. The molecule has 1 aromatic heterocycles. The Balaban J connectivity index is 2.51. The van der Waals surface area contributed by atoms with E-state index in [9.17, 15) is 0 Å². The summed E-state index contributed by atoms with van der Waals surface area (Å²) in [6, 6.07) is 7.61. The molecule has 4 heteroatoms. The van der Waals surface area contributed by atoms with Crippen LogP contribution in [0.3, 0.4) is 0 Å². The quantitative estimate of drug-likeness (QED) is 0.886. The van der Waals surface area contributed by atoms with Crippen LogP contribution in [0, 0.1) is 0 Å². The van der Waals surface area contributed by atoms with E-state index in [1.807, 2.05) is 24.3 Å². The van der Waals surface area contributed by atoms with Crippen molar-refractivity contribution in [3.8, 4) is 11.1 Å². The summed E-state index contributed by atoms with van der Waals surface area (Å²) < 4.78 is 5.14. The number of nitrogens with two attached hydrogens (primary N) is 1. The second kappa shape index (κ2) is 5.44. The lowest BCUT2D eigenvalue weighted by molar-refractivity contribution is 0.419. The average molecular weight is 265 g/mol. The highest BCUT2D eigenvalue weighted by Crippen LogP contribution is 2.38. The van der Waals surface area contributed by atoms with Gasteiger partial charge in [-0.2, -0.15) is 0 Å². The van der Waals surface area contributed by atoms with Crippen LogP contribution >= 0.6 is 11.6 Å². The van der Waals surface area contributed by atoms with Crippen molar-refractivity contribution in [1.29, 1.82) is 0 Å². The molecule has 0 spiro atoms. The number of halogens is 1. The van der Waals surface area contributed by atoms with Gasteiger partial charge in [0.1, 0.15) is 0 Å². The molecule has 18 heavy (non-hydrogen) atoms. The van der Waals surface area contributed by atoms with Crippen molar-refractivity contribution in [2.45, 2.75) is 32.6 Å². The number of hydrogen-bond acceptors (Lipinski definition) is 3. The molecule has 0 bridgehead atoms. The zero-order valence-electron chi connectivity index (χ0n) is 10.6. The molecule has 2 aromatic rings. The summed E-state index contributed by atoms with van der Waals surface area (Å²) in [5.41, 5.74) is 8.50. The van der Waals surface area contributed by atoms with E-state index in [1.54, 1.807) is 0 Å². The number of nitrogens with zero attached hydrogens (tertiary/aromatic N) is 1. The Labute approximate surface area is 112 Å². The first-order chi connectivity index (χ1) is 8.65. The highest BCUT2D eigenvalue weighted by molar-refractivity contribution is 6.33. The van der Waals surface area contributed by atoms with Gasteiger partial charge in [0, 0.05) is 16.5 Å². The monoisotopic (exact) mass is 264 g/mol. The maximum Gasteiger partial charge on any atom is 0.230 e. The van der Waals surface area contributed by atoms with Gasteiger partial charge in [-0.25, -0.2) is 0 Å². The molecule has 0 aliphatic carbocycles. The molecule has 1 heterocycles. The number of benzene rings is 1. The summed E-state index contributed by atoms with van der Waals surface area (Å²) in [5, 5.41) is 4.76. The van der Waals surface area contributed by atoms with Gasteiger partial charge in [-0.15, -0.1) is 0 Å². The van der Waals surface area contributed by atoms with Crippen LogP contribution in [0.1, 0.15) is 38.3 Å². The Bertz CT molecular complexity index is 536. The van der Waals surface area contributed by atoms with Crippen molar-refractivity contribution < 1.29 is 4.52 Å². The normalized spacial score (nSPS) is 12.6. The molecule has 3 nitrogen and oxygen atoms in total. The SMILES string of the molecule is CCCC(C)c1noc(N)c1-c1ccccc1Cl. The minimum absolute atomic E-state index is 0.308. The standard InChI is InChI=1S/C14H17ClN2O/c1-3-6-9(2)13-12(14(16)18-17-13)10-7-4-5-8-11(10)15/h4-5,7-9H,3,6,16H2,1-2H3. The van der Waals surface area contributed by atoms with Gasteiger partial charge in [-0.05, 0) is 12.5 Å². The Morgan fingerprint density at radius 1 is 1.39 bits per heavy atom. The van der Waals surface area contributed by atoms with E-state index in [1.165, 1.54) is 0 Å². The number of nitrogen functional groups attached to an aromatic ring is 1. The van der Waals surface area contributed by atoms with E-state index in [0.717, 1.165) is 29.7 Å². The molecule has 0 saturated carbocycles. The van der Waals surface area contributed by atoms with Gasteiger partial charge < -0.3 is 10.3 Å². The van der Waals surface area contributed by atoms with Crippen LogP contribution in [0.25, 0.3) is 11.1 Å². The third kappa shape index (κ3) is 2.36. The Morgan fingerprint density at radius 2 is 2.11 bits per heavy atom. The van der Waals surface area contributed by atoms with Crippen LogP contribution in [-0.4, -0.2) is 5.16 Å². The number of rotatable bonds is 4. The third-order valence-electron chi connectivity index (χ3n) is 3.08. The van der Waals surface area contributed by atoms with E-state index in [-0.39, 0.29) is 0 Å². The predicted octanol–water partition coefficient (Wildman–Crippen LogP) is 4.48. The highest BCUT2D eigenvalue weighted by atomic mass is 35.5. The molecule has 2 rings (SSSR count). The molecule has 96 valence electrons. The van der Waals surface area contributed by atoms with Gasteiger partial charge in [0.25, 0.3) is 0 Å². The smallest absolute Gasteiger partial charge is 0.230 e. The lowest BCUT2D eigenvalue weighted by Gasteiger charge is -2.10. The molecule has 0 radical (unpaired) electrons. The molecule has 1 aromatic carbocycles. The van der Waals surface area contributed by atoms with Crippen LogP contribution in [0.15, 0.2) is 28.8 Å². The minimum Gasteiger partial charge on any atom is -0.367 e. The average Bonchev–Trinajstić information content (AvgIpc) is 2.72. The fourth-order valence-corrected chi connectivity index (χ4v) is 2.39. The van der Waals surface area contributed by atoms with Crippen molar-refractivity contribution >= 4 is 17.5 Å². The van der Waals surface area contributed by atoms with E-state index < -0.39 is 0 Å². The van der Waals surface area contributed by atoms with Crippen molar-refractivity contribution in [3.63, 3.8) is 0 Å². The predicted molar refractivity (Wildman–Crippen MR) is 74.7 cm³/mol. The molecular formula is C14H17ClN2O. The molecule has 1 unspecified atom stereocenters. The molecule has 0 aliphatic heterocycles. The molecule has 0 amide bonds. The van der Waals surface area contributed by atoms with Crippen LogP contribution in [0.2, 0.25) is 5.02 Å². The van der Waals surface area contributed by atoms with Crippen molar-refractivity contribution in [2.24, 2.45) is 0 Å². The fourth-order valence-electron chi connectivity index (χ4n) is 2.16. The van der Waals surface area contributed by atoms with E-state index >= 15 is 0 Å². The number of anilines is 1. The Kier molecular flexibility index (Phi) is 3.92. The van der Waals surface area contributed by atoms with E-state index in [2.05, 4.69) is 19.0 Å². The minimum atomic E-state index is 0.308. The maximum atomic E-state index is 6.22. The van der Waals surface area contributed by atoms with Crippen LogP contribution in [-0.2, 0) is 0 Å². The van der Waals surface area contributed by atoms with Crippen LogP contribution in [0.5, 0.6) is 0 Å². The van der Waals surface area contributed by atoms with Gasteiger partial charge in [0.05, 0.1) is 11.3 Å². The van der Waals surface area contributed by atoms with Crippen LogP contribution < -0.4 is 5.73 Å². The van der Waals surface area contributed by atoms with Gasteiger partial charge in [-0.3, -0.25) is 0 Å². The number of hydrogen-bond donors (Lipinski definition) is 1. The van der Waals surface area contributed by atoms with Crippen molar-refractivity contribution in [1.82, 2.24) is 5.16 Å². The lowest BCUT2D eigenvalue weighted by Crippen LogP contribution is -1.97. The first-order valence-electron chi connectivity index (χ1n) is 6.15. The zero-order chi connectivity index (χ0) is 13.1. The lowest BCUT2D eigenvalue weighted by atomic mass is 9.95. The topological polar surface area (TPSA) is 52.0 Å². The summed E-state index contributed by atoms with van der Waals surface area (Å²) >= 11 is 6.22. The molecule has 0 saturated heterocycles. The third-order valence-corrected chi connectivity index (χ3v) is 3.41. The summed E-state index contributed by atoms with van der Waals surface area (Å²) in [6.45, 7) is 4.27. The van der Waals surface area contributed by atoms with Gasteiger partial charge in [0.2, 0.25) is 5.88 Å². The summed E-state index contributed by atoms with van der Waals surface area (Å²) in [4.78, 5) is 0. The van der Waals surface area contributed by atoms with Crippen LogP contribution in [0.4, 0.5) is 5.88 Å². The molecule has 0 aliphatic rings. The number of aromatic nitrogens is 1. The van der Waals surface area contributed by atoms with Crippen molar-refractivity contribution in [2.75, 3.05) is 5.73 Å². The Morgan fingerprint density at radius 3 is 2.78 bits per heavy atom. The second-order valence-electron chi connectivity index (χ2n) is 4.48. The first-order valence-corrected chi connectivity index (χ1v) is 6.52. The fraction of sp³-hybridized carbons (Fsp3) is 0.357. The van der Waals surface area contributed by atoms with E-state index in [4.69, 9.17) is 21.9 Å². The highest BCUT2D eigenvalue weighted by Gasteiger charge is 2.21. The van der Waals surface area contributed by atoms with Gasteiger partial charge in [0.15, 0.2) is 0 Å². The summed E-state index contributed by atoms with van der Waals surface area (Å²) in [6.07, 6.45) is 2.14. The molecular weight excluding hydrogens is 248 g/mol. The zero-order valence-corrected chi connectivity index (χ0v) is 11.4. The first kappa shape index (κ1) is 13.0. The van der Waals surface area contributed by atoms with E-state index in [0.29, 0.717) is 16.8 Å².